The number of aryl methyl sites for hydroxylation is 1. The zero-order chi connectivity index (χ0) is 26.6. The van der Waals surface area contributed by atoms with Crippen molar-refractivity contribution in [2.24, 2.45) is 5.92 Å². The predicted molar refractivity (Wildman–Crippen MR) is 151 cm³/mol. The molecule has 194 valence electrons. The molecule has 0 aliphatic carbocycles. The van der Waals surface area contributed by atoms with Crippen LogP contribution in [0.3, 0.4) is 0 Å². The van der Waals surface area contributed by atoms with Crippen LogP contribution in [-0.4, -0.2) is 17.7 Å². The number of nitriles is 1. The number of unbranched alkanes of at least 4 members (excludes halogenated alkanes) is 5. The fourth-order valence-corrected chi connectivity index (χ4v) is 4.40. The SMILES string of the molecule is CCCCCCCCc1ccc(C(=O)O)c(-c2ccc(-c3ccc(OCC(C)CC)c(C#N)c3)cc2)c1. The van der Waals surface area contributed by atoms with Crippen molar-refractivity contribution in [3.05, 3.63) is 77.4 Å². The molecule has 0 saturated heterocycles. The van der Waals surface area contributed by atoms with E-state index in [0.717, 1.165) is 41.5 Å². The number of aromatic carboxylic acids is 1. The highest BCUT2D eigenvalue weighted by atomic mass is 16.5. The van der Waals surface area contributed by atoms with E-state index in [1.807, 2.05) is 54.6 Å². The zero-order valence-corrected chi connectivity index (χ0v) is 22.4. The molecular formula is C33H39NO3. The minimum atomic E-state index is -0.920. The predicted octanol–water partition coefficient (Wildman–Crippen LogP) is 8.92. The van der Waals surface area contributed by atoms with E-state index in [0.29, 0.717) is 29.4 Å². The van der Waals surface area contributed by atoms with Gasteiger partial charge in [0.2, 0.25) is 0 Å². The molecule has 4 nitrogen and oxygen atoms in total. The first-order chi connectivity index (χ1) is 18.0. The van der Waals surface area contributed by atoms with Gasteiger partial charge in [-0.3, -0.25) is 0 Å². The monoisotopic (exact) mass is 497 g/mol. The summed E-state index contributed by atoms with van der Waals surface area (Å²) in [5.74, 6) is 0.118. The minimum Gasteiger partial charge on any atom is -0.492 e. The lowest BCUT2D eigenvalue weighted by atomic mass is 9.93. The summed E-state index contributed by atoms with van der Waals surface area (Å²) in [6.45, 7) is 7.06. The lowest BCUT2D eigenvalue weighted by Gasteiger charge is -2.13. The summed E-state index contributed by atoms with van der Waals surface area (Å²) in [6, 6.07) is 21.5. The van der Waals surface area contributed by atoms with Crippen molar-refractivity contribution >= 4 is 5.97 Å². The molecule has 0 bridgehead atoms. The maximum absolute atomic E-state index is 11.9. The largest absolute Gasteiger partial charge is 0.492 e. The quantitative estimate of drug-likeness (QED) is 0.226. The van der Waals surface area contributed by atoms with E-state index in [9.17, 15) is 15.2 Å². The third kappa shape index (κ3) is 7.95. The number of benzene rings is 3. The van der Waals surface area contributed by atoms with Crippen LogP contribution in [0.1, 0.15) is 87.2 Å². The number of rotatable bonds is 14. The summed E-state index contributed by atoms with van der Waals surface area (Å²) in [7, 11) is 0. The van der Waals surface area contributed by atoms with Crippen molar-refractivity contribution in [3.8, 4) is 34.1 Å². The van der Waals surface area contributed by atoms with E-state index in [1.165, 1.54) is 37.7 Å². The highest BCUT2D eigenvalue weighted by molar-refractivity contribution is 5.96. The molecule has 4 heteroatoms. The molecule has 0 aliphatic rings. The van der Waals surface area contributed by atoms with Gasteiger partial charge >= 0.3 is 5.97 Å². The molecule has 1 unspecified atom stereocenters. The van der Waals surface area contributed by atoms with E-state index in [2.05, 4.69) is 26.8 Å². The minimum absolute atomic E-state index is 0.314. The molecule has 1 N–H and O–H groups in total. The Hall–Kier alpha value is -3.58. The molecule has 0 heterocycles. The van der Waals surface area contributed by atoms with Crippen LogP contribution < -0.4 is 4.74 Å². The third-order valence-electron chi connectivity index (χ3n) is 6.98. The maximum atomic E-state index is 11.9. The average Bonchev–Trinajstić information content (AvgIpc) is 2.93. The second-order valence-corrected chi connectivity index (χ2v) is 9.93. The Balaban J connectivity index is 1.78. The number of carboxylic acid groups (broad SMARTS) is 1. The Labute approximate surface area is 221 Å². The molecule has 0 amide bonds. The van der Waals surface area contributed by atoms with E-state index < -0.39 is 5.97 Å². The molecule has 0 fully saturated rings. The van der Waals surface area contributed by atoms with Gasteiger partial charge in [-0.15, -0.1) is 0 Å². The van der Waals surface area contributed by atoms with Crippen LogP contribution in [0.5, 0.6) is 5.75 Å². The number of hydrogen-bond acceptors (Lipinski definition) is 3. The molecule has 3 rings (SSSR count). The number of hydrogen-bond donors (Lipinski definition) is 1. The van der Waals surface area contributed by atoms with Gasteiger partial charge in [-0.05, 0) is 64.8 Å². The van der Waals surface area contributed by atoms with Crippen LogP contribution in [0.25, 0.3) is 22.3 Å². The summed E-state index contributed by atoms with van der Waals surface area (Å²) in [6.07, 6.45) is 9.39. The number of nitrogens with zero attached hydrogens (tertiary/aromatic N) is 1. The van der Waals surface area contributed by atoms with Gasteiger partial charge < -0.3 is 9.84 Å². The number of carboxylic acids is 1. The van der Waals surface area contributed by atoms with Crippen molar-refractivity contribution in [2.75, 3.05) is 6.61 Å². The molecule has 0 aromatic heterocycles. The summed E-state index contributed by atoms with van der Waals surface area (Å²) >= 11 is 0. The first-order valence-electron chi connectivity index (χ1n) is 13.6. The van der Waals surface area contributed by atoms with E-state index >= 15 is 0 Å². The van der Waals surface area contributed by atoms with Gasteiger partial charge in [-0.1, -0.05) is 102 Å². The summed E-state index contributed by atoms with van der Waals surface area (Å²) in [5, 5.41) is 19.4. The first kappa shape index (κ1) is 28.0. The van der Waals surface area contributed by atoms with Gasteiger partial charge in [0.1, 0.15) is 11.8 Å². The molecular weight excluding hydrogens is 458 g/mol. The summed E-state index contributed by atoms with van der Waals surface area (Å²) in [5.41, 5.74) is 5.51. The van der Waals surface area contributed by atoms with E-state index in [4.69, 9.17) is 4.74 Å². The topological polar surface area (TPSA) is 70.3 Å². The fourth-order valence-electron chi connectivity index (χ4n) is 4.40. The standard InChI is InChI=1S/C33H39NO3/c1-4-6-7-8-9-10-11-25-12-18-30(33(35)36)31(20-25)27-15-13-26(14-16-27)28-17-19-32(29(21-28)22-34)37-23-24(3)5-2/h12-21,24H,4-11,23H2,1-3H3,(H,35,36). The second-order valence-electron chi connectivity index (χ2n) is 9.93. The van der Waals surface area contributed by atoms with Crippen molar-refractivity contribution in [3.63, 3.8) is 0 Å². The molecule has 3 aromatic carbocycles. The van der Waals surface area contributed by atoms with Gasteiger partial charge in [-0.2, -0.15) is 5.26 Å². The van der Waals surface area contributed by atoms with Crippen molar-refractivity contribution < 1.29 is 14.6 Å². The van der Waals surface area contributed by atoms with Crippen LogP contribution >= 0.6 is 0 Å². The van der Waals surface area contributed by atoms with Crippen LogP contribution in [0.2, 0.25) is 0 Å². The lowest BCUT2D eigenvalue weighted by Crippen LogP contribution is -2.08. The molecule has 0 aliphatic heterocycles. The van der Waals surface area contributed by atoms with Gasteiger partial charge in [0.25, 0.3) is 0 Å². The van der Waals surface area contributed by atoms with Crippen LogP contribution in [-0.2, 0) is 6.42 Å². The molecule has 37 heavy (non-hydrogen) atoms. The third-order valence-corrected chi connectivity index (χ3v) is 6.98. The van der Waals surface area contributed by atoms with Gasteiger partial charge in [0.15, 0.2) is 0 Å². The van der Waals surface area contributed by atoms with E-state index in [1.54, 1.807) is 6.07 Å². The Morgan fingerprint density at radius 2 is 1.57 bits per heavy atom. The van der Waals surface area contributed by atoms with Crippen LogP contribution in [0.4, 0.5) is 0 Å². The van der Waals surface area contributed by atoms with Crippen molar-refractivity contribution in [1.82, 2.24) is 0 Å². The van der Waals surface area contributed by atoms with Crippen LogP contribution in [0.15, 0.2) is 60.7 Å². The highest BCUT2D eigenvalue weighted by Crippen LogP contribution is 2.31. The van der Waals surface area contributed by atoms with E-state index in [-0.39, 0.29) is 0 Å². The Bertz CT molecular complexity index is 1210. The molecule has 3 aromatic rings. The average molecular weight is 498 g/mol. The Morgan fingerprint density at radius 1 is 0.892 bits per heavy atom. The molecule has 1 atom stereocenters. The fraction of sp³-hybridized carbons (Fsp3) is 0.394. The van der Waals surface area contributed by atoms with Gasteiger partial charge in [-0.25, -0.2) is 4.79 Å². The zero-order valence-electron chi connectivity index (χ0n) is 22.4. The number of carbonyl (C=O) groups is 1. The molecule has 0 saturated carbocycles. The first-order valence-corrected chi connectivity index (χ1v) is 13.6. The highest BCUT2D eigenvalue weighted by Gasteiger charge is 2.14. The summed E-state index contributed by atoms with van der Waals surface area (Å²) < 4.78 is 5.87. The second kappa shape index (κ2) is 14.2. The molecule has 0 spiro atoms. The summed E-state index contributed by atoms with van der Waals surface area (Å²) in [4.78, 5) is 11.9. The van der Waals surface area contributed by atoms with Gasteiger partial charge in [0.05, 0.1) is 17.7 Å². The van der Waals surface area contributed by atoms with Crippen molar-refractivity contribution in [2.45, 2.75) is 72.1 Å². The normalized spacial score (nSPS) is 11.6. The lowest BCUT2D eigenvalue weighted by molar-refractivity contribution is 0.0697. The number of ether oxygens (including phenoxy) is 1. The van der Waals surface area contributed by atoms with Crippen molar-refractivity contribution in [1.29, 1.82) is 5.26 Å². The van der Waals surface area contributed by atoms with Gasteiger partial charge in [0, 0.05) is 0 Å². The molecule has 0 radical (unpaired) electrons. The van der Waals surface area contributed by atoms with Crippen LogP contribution in [0, 0.1) is 17.2 Å². The maximum Gasteiger partial charge on any atom is 0.336 e. The smallest absolute Gasteiger partial charge is 0.336 e. The Kier molecular flexibility index (Phi) is 10.8. The Morgan fingerprint density at radius 3 is 2.24 bits per heavy atom.